The largest absolute Gasteiger partial charge is 0.342 e. The molecule has 5 nitrogen and oxygen atoms in total. The summed E-state index contributed by atoms with van der Waals surface area (Å²) in [5, 5.41) is 6.12. The van der Waals surface area contributed by atoms with Crippen molar-refractivity contribution in [3.8, 4) is 0 Å². The minimum absolute atomic E-state index is 0.0702. The van der Waals surface area contributed by atoms with Crippen LogP contribution in [0.3, 0.4) is 0 Å². The van der Waals surface area contributed by atoms with E-state index in [9.17, 15) is 4.79 Å². The number of likely N-dealkylation sites (tertiary alicyclic amines) is 1. The van der Waals surface area contributed by atoms with E-state index in [1.54, 1.807) is 11.3 Å². The van der Waals surface area contributed by atoms with Gasteiger partial charge in [0.2, 0.25) is 11.8 Å². The average molecular weight is 303 g/mol. The van der Waals surface area contributed by atoms with Crippen LogP contribution in [0.4, 0.5) is 0 Å². The second-order valence-electron chi connectivity index (χ2n) is 5.84. The van der Waals surface area contributed by atoms with E-state index in [2.05, 4.69) is 21.6 Å². The summed E-state index contributed by atoms with van der Waals surface area (Å²) in [6, 6.07) is 4.16. The van der Waals surface area contributed by atoms with Gasteiger partial charge in [0.1, 0.15) is 0 Å². The van der Waals surface area contributed by atoms with Crippen LogP contribution in [0, 0.1) is 0 Å². The van der Waals surface area contributed by atoms with E-state index >= 15 is 0 Å². The summed E-state index contributed by atoms with van der Waals surface area (Å²) in [6.07, 6.45) is 3.75. The van der Waals surface area contributed by atoms with Gasteiger partial charge in [-0.05, 0) is 30.7 Å². The lowest BCUT2D eigenvalue weighted by Crippen LogP contribution is -2.27. The molecule has 2 fully saturated rings. The van der Waals surface area contributed by atoms with E-state index < -0.39 is 0 Å². The lowest BCUT2D eigenvalue weighted by Gasteiger charge is -2.15. The van der Waals surface area contributed by atoms with Gasteiger partial charge in [0.25, 0.3) is 0 Å². The Morgan fingerprint density at radius 3 is 3.05 bits per heavy atom. The fourth-order valence-corrected chi connectivity index (χ4v) is 3.47. The maximum Gasteiger partial charge on any atom is 0.232 e. The summed E-state index contributed by atoms with van der Waals surface area (Å²) in [7, 11) is 0. The predicted octanol–water partition coefficient (Wildman–Crippen LogP) is 2.57. The zero-order valence-electron chi connectivity index (χ0n) is 11.7. The van der Waals surface area contributed by atoms with Crippen LogP contribution in [-0.2, 0) is 11.2 Å². The molecule has 110 valence electrons. The first-order valence-corrected chi connectivity index (χ1v) is 8.31. The zero-order chi connectivity index (χ0) is 14.2. The molecule has 2 aromatic rings. The van der Waals surface area contributed by atoms with Gasteiger partial charge in [-0.2, -0.15) is 4.98 Å². The van der Waals surface area contributed by atoms with E-state index in [-0.39, 0.29) is 11.8 Å². The minimum Gasteiger partial charge on any atom is -0.342 e. The zero-order valence-corrected chi connectivity index (χ0v) is 12.5. The molecular formula is C15H17N3O2S. The molecule has 21 heavy (non-hydrogen) atoms. The van der Waals surface area contributed by atoms with Crippen molar-refractivity contribution < 1.29 is 9.32 Å². The van der Waals surface area contributed by atoms with E-state index in [1.807, 2.05) is 11.0 Å². The Kier molecular flexibility index (Phi) is 3.25. The number of carbonyl (C=O) groups is 1. The fraction of sp³-hybridized carbons (Fsp3) is 0.533. The summed E-state index contributed by atoms with van der Waals surface area (Å²) in [4.78, 5) is 19.8. The standard InChI is InChI=1S/C15H17N3O2S/c19-13-8-11(15-16-14(17-20-15)10-3-4-10)9-18(13)6-5-12-2-1-7-21-12/h1-2,7,10-11H,3-6,8-9H2/t11-/m1/s1. The third-order valence-corrected chi connectivity index (χ3v) is 5.11. The average Bonchev–Trinajstić information content (AvgIpc) is 2.94. The van der Waals surface area contributed by atoms with E-state index in [1.165, 1.54) is 4.88 Å². The highest BCUT2D eigenvalue weighted by atomic mass is 32.1. The first-order chi connectivity index (χ1) is 10.3. The van der Waals surface area contributed by atoms with Crippen molar-refractivity contribution in [1.82, 2.24) is 15.0 Å². The Morgan fingerprint density at radius 1 is 1.38 bits per heavy atom. The van der Waals surface area contributed by atoms with Crippen molar-refractivity contribution in [3.63, 3.8) is 0 Å². The monoisotopic (exact) mass is 303 g/mol. The Hall–Kier alpha value is -1.69. The fourth-order valence-electron chi connectivity index (χ4n) is 2.77. The number of nitrogens with zero attached hydrogens (tertiary/aromatic N) is 3. The van der Waals surface area contributed by atoms with E-state index in [0.717, 1.165) is 31.6 Å². The maximum atomic E-state index is 12.1. The molecule has 3 heterocycles. The molecule has 0 unspecified atom stereocenters. The van der Waals surface area contributed by atoms with Gasteiger partial charge in [0.15, 0.2) is 5.82 Å². The number of aromatic nitrogens is 2. The number of rotatable bonds is 5. The van der Waals surface area contributed by atoms with Crippen molar-refractivity contribution in [3.05, 3.63) is 34.1 Å². The number of hydrogen-bond acceptors (Lipinski definition) is 5. The van der Waals surface area contributed by atoms with Crippen molar-refractivity contribution in [2.24, 2.45) is 0 Å². The Labute approximate surface area is 127 Å². The topological polar surface area (TPSA) is 59.2 Å². The number of carbonyl (C=O) groups excluding carboxylic acids is 1. The molecule has 1 saturated heterocycles. The molecule has 1 aliphatic heterocycles. The molecule has 1 amide bonds. The first-order valence-electron chi connectivity index (χ1n) is 7.43. The van der Waals surface area contributed by atoms with Gasteiger partial charge >= 0.3 is 0 Å². The lowest BCUT2D eigenvalue weighted by atomic mass is 10.1. The number of amides is 1. The highest BCUT2D eigenvalue weighted by Crippen LogP contribution is 2.39. The Bertz CT molecular complexity index is 633. The summed E-state index contributed by atoms with van der Waals surface area (Å²) in [5.41, 5.74) is 0. The van der Waals surface area contributed by atoms with Crippen LogP contribution in [0.2, 0.25) is 0 Å². The van der Waals surface area contributed by atoms with Crippen molar-refractivity contribution >= 4 is 17.2 Å². The summed E-state index contributed by atoms with van der Waals surface area (Å²) in [5.74, 6) is 2.23. The SMILES string of the molecule is O=C1C[C@@H](c2nc(C3CC3)no2)CN1CCc1cccs1. The first kappa shape index (κ1) is 13.0. The lowest BCUT2D eigenvalue weighted by molar-refractivity contribution is -0.127. The molecule has 0 N–H and O–H groups in total. The van der Waals surface area contributed by atoms with Crippen LogP contribution in [0.15, 0.2) is 22.0 Å². The van der Waals surface area contributed by atoms with Gasteiger partial charge in [0.05, 0.1) is 5.92 Å². The Balaban J connectivity index is 1.38. The molecule has 1 aliphatic carbocycles. The number of hydrogen-bond donors (Lipinski definition) is 0. The molecule has 0 bridgehead atoms. The van der Waals surface area contributed by atoms with Crippen LogP contribution in [0.25, 0.3) is 0 Å². The third-order valence-electron chi connectivity index (χ3n) is 4.17. The quantitative estimate of drug-likeness (QED) is 0.852. The van der Waals surface area contributed by atoms with E-state index in [4.69, 9.17) is 4.52 Å². The van der Waals surface area contributed by atoms with Gasteiger partial charge in [-0.25, -0.2) is 0 Å². The summed E-state index contributed by atoms with van der Waals surface area (Å²) >= 11 is 1.74. The molecule has 6 heteroatoms. The predicted molar refractivity (Wildman–Crippen MR) is 78.2 cm³/mol. The molecule has 2 aromatic heterocycles. The molecule has 0 radical (unpaired) electrons. The molecule has 0 aromatic carbocycles. The number of thiophene rings is 1. The molecule has 4 rings (SSSR count). The summed E-state index contributed by atoms with van der Waals surface area (Å²) < 4.78 is 5.36. The maximum absolute atomic E-state index is 12.1. The van der Waals surface area contributed by atoms with E-state index in [0.29, 0.717) is 24.8 Å². The van der Waals surface area contributed by atoms with Gasteiger partial charge in [0, 0.05) is 30.3 Å². The molecule has 1 atom stereocenters. The van der Waals surface area contributed by atoms with Crippen molar-refractivity contribution in [1.29, 1.82) is 0 Å². The van der Waals surface area contributed by atoms with Gasteiger partial charge in [-0.1, -0.05) is 11.2 Å². The molecule has 1 saturated carbocycles. The molecule has 0 spiro atoms. The third kappa shape index (κ3) is 2.72. The van der Waals surface area contributed by atoms with Crippen LogP contribution in [0.5, 0.6) is 0 Å². The Morgan fingerprint density at radius 2 is 2.29 bits per heavy atom. The van der Waals surface area contributed by atoms with Gasteiger partial charge in [-0.3, -0.25) is 4.79 Å². The molecule has 2 aliphatic rings. The van der Waals surface area contributed by atoms with Gasteiger partial charge < -0.3 is 9.42 Å². The molecular weight excluding hydrogens is 286 g/mol. The van der Waals surface area contributed by atoms with Crippen LogP contribution < -0.4 is 0 Å². The second-order valence-corrected chi connectivity index (χ2v) is 6.87. The second kappa shape index (κ2) is 5.26. The van der Waals surface area contributed by atoms with Crippen LogP contribution >= 0.6 is 11.3 Å². The smallest absolute Gasteiger partial charge is 0.232 e. The highest BCUT2D eigenvalue weighted by Gasteiger charge is 2.36. The van der Waals surface area contributed by atoms with Crippen molar-refractivity contribution in [2.75, 3.05) is 13.1 Å². The van der Waals surface area contributed by atoms with Crippen molar-refractivity contribution in [2.45, 2.75) is 37.5 Å². The highest BCUT2D eigenvalue weighted by molar-refractivity contribution is 7.09. The van der Waals surface area contributed by atoms with Gasteiger partial charge in [-0.15, -0.1) is 11.3 Å². The summed E-state index contributed by atoms with van der Waals surface area (Å²) in [6.45, 7) is 1.48. The normalized spacial score (nSPS) is 22.2. The minimum atomic E-state index is 0.0702. The van der Waals surface area contributed by atoms with Crippen LogP contribution in [-0.4, -0.2) is 34.0 Å². The van der Waals surface area contributed by atoms with Crippen LogP contribution in [0.1, 0.15) is 47.7 Å².